The second kappa shape index (κ2) is 4.61. The number of aromatic hydroxyl groups is 1. The molecule has 0 saturated carbocycles. The zero-order valence-electron chi connectivity index (χ0n) is 12.6. The van der Waals surface area contributed by atoms with Gasteiger partial charge in [-0.2, -0.15) is 0 Å². The molecule has 0 saturated heterocycles. The van der Waals surface area contributed by atoms with Crippen molar-refractivity contribution >= 4 is 21.7 Å². The van der Waals surface area contributed by atoms with Crippen LogP contribution in [0.25, 0.3) is 32.9 Å². The van der Waals surface area contributed by atoms with Crippen molar-refractivity contribution in [2.75, 3.05) is 0 Å². The Hall–Kier alpha value is -3.27. The minimum absolute atomic E-state index is 0.0710. The van der Waals surface area contributed by atoms with E-state index in [4.69, 9.17) is 9.15 Å². The van der Waals surface area contributed by atoms with E-state index in [1.807, 2.05) is 36.4 Å². The monoisotopic (exact) mass is 316 g/mol. The van der Waals surface area contributed by atoms with Crippen LogP contribution in [0.5, 0.6) is 11.5 Å². The molecule has 0 aliphatic carbocycles. The summed E-state index contributed by atoms with van der Waals surface area (Å²) in [6.45, 7) is 0.426. The minimum Gasteiger partial charge on any atom is -0.508 e. The Morgan fingerprint density at radius 1 is 0.875 bits per heavy atom. The molecule has 0 bridgehead atoms. The molecule has 1 aliphatic heterocycles. The lowest BCUT2D eigenvalue weighted by molar-refractivity contribution is 0.302. The third kappa shape index (κ3) is 1.77. The molecular formula is C20H12O4. The summed E-state index contributed by atoms with van der Waals surface area (Å²) in [5, 5.41) is 11.8. The topological polar surface area (TPSA) is 59.7 Å². The van der Waals surface area contributed by atoms with Crippen LogP contribution in [0.1, 0.15) is 5.56 Å². The van der Waals surface area contributed by atoms with E-state index in [-0.39, 0.29) is 5.75 Å². The largest absolute Gasteiger partial charge is 0.508 e. The van der Waals surface area contributed by atoms with Crippen molar-refractivity contribution in [3.05, 3.63) is 70.6 Å². The maximum absolute atomic E-state index is 12.3. The van der Waals surface area contributed by atoms with Crippen molar-refractivity contribution in [1.29, 1.82) is 0 Å². The molecule has 0 atom stereocenters. The molecule has 4 heteroatoms. The average Bonchev–Trinajstić information content (AvgIpc) is 2.60. The summed E-state index contributed by atoms with van der Waals surface area (Å²) in [6, 6.07) is 16.6. The van der Waals surface area contributed by atoms with Crippen LogP contribution in [-0.2, 0) is 6.61 Å². The van der Waals surface area contributed by atoms with E-state index < -0.39 is 5.63 Å². The van der Waals surface area contributed by atoms with Crippen LogP contribution in [0, 0.1) is 0 Å². The van der Waals surface area contributed by atoms with Gasteiger partial charge in [0, 0.05) is 22.4 Å². The maximum Gasteiger partial charge on any atom is 0.344 e. The number of hydrogen-bond acceptors (Lipinski definition) is 4. The van der Waals surface area contributed by atoms with Crippen LogP contribution in [0.3, 0.4) is 0 Å². The molecule has 0 spiro atoms. The van der Waals surface area contributed by atoms with Crippen LogP contribution < -0.4 is 10.4 Å². The first-order valence-electron chi connectivity index (χ1n) is 7.65. The van der Waals surface area contributed by atoms with E-state index in [2.05, 4.69) is 0 Å². The number of phenolic OH excluding ortho intramolecular Hbond substituents is 1. The second-order valence-corrected chi connectivity index (χ2v) is 5.91. The van der Waals surface area contributed by atoms with Gasteiger partial charge in [0.05, 0.1) is 5.39 Å². The predicted molar refractivity (Wildman–Crippen MR) is 91.4 cm³/mol. The quantitative estimate of drug-likeness (QED) is 0.390. The van der Waals surface area contributed by atoms with E-state index in [9.17, 15) is 9.90 Å². The highest BCUT2D eigenvalue weighted by atomic mass is 16.5. The Kier molecular flexibility index (Phi) is 2.54. The van der Waals surface area contributed by atoms with Gasteiger partial charge in [-0.25, -0.2) is 4.79 Å². The Bertz CT molecular complexity index is 1190. The zero-order chi connectivity index (χ0) is 16.3. The fraction of sp³-hybridized carbons (Fsp3) is 0.0500. The van der Waals surface area contributed by atoms with Gasteiger partial charge in [0.1, 0.15) is 23.7 Å². The molecule has 0 fully saturated rings. The van der Waals surface area contributed by atoms with Crippen molar-refractivity contribution in [2.24, 2.45) is 0 Å². The molecule has 0 amide bonds. The molecule has 3 aromatic carbocycles. The number of fused-ring (bicyclic) bond motifs is 6. The van der Waals surface area contributed by atoms with Crippen molar-refractivity contribution in [2.45, 2.75) is 6.61 Å². The molecule has 1 aliphatic rings. The first-order chi connectivity index (χ1) is 11.7. The molecule has 4 aromatic rings. The number of para-hydroxylation sites is 1. The highest BCUT2D eigenvalue weighted by Crippen LogP contribution is 2.40. The summed E-state index contributed by atoms with van der Waals surface area (Å²) >= 11 is 0. The Morgan fingerprint density at radius 2 is 1.75 bits per heavy atom. The van der Waals surface area contributed by atoms with Gasteiger partial charge in [0.15, 0.2) is 0 Å². The van der Waals surface area contributed by atoms with Gasteiger partial charge in [-0.05, 0) is 41.5 Å². The van der Waals surface area contributed by atoms with Crippen LogP contribution in [0.15, 0.2) is 63.8 Å². The Morgan fingerprint density at radius 3 is 2.67 bits per heavy atom. The number of hydrogen-bond donors (Lipinski definition) is 1. The lowest BCUT2D eigenvalue weighted by Gasteiger charge is -2.21. The SMILES string of the molecule is O=c1oc2cc(O)ccc2c2cc3c(cc12)COc1ccccc1-3. The van der Waals surface area contributed by atoms with E-state index in [1.165, 1.54) is 6.07 Å². The highest BCUT2D eigenvalue weighted by molar-refractivity contribution is 6.06. The number of benzene rings is 3. The smallest absolute Gasteiger partial charge is 0.344 e. The van der Waals surface area contributed by atoms with E-state index in [0.29, 0.717) is 17.6 Å². The summed E-state index contributed by atoms with van der Waals surface area (Å²) in [5.41, 5.74) is 3.01. The first kappa shape index (κ1) is 13.2. The van der Waals surface area contributed by atoms with Crippen LogP contribution in [0.4, 0.5) is 0 Å². The zero-order valence-corrected chi connectivity index (χ0v) is 12.6. The molecule has 5 rings (SSSR count). The van der Waals surface area contributed by atoms with E-state index in [1.54, 1.807) is 12.1 Å². The third-order valence-electron chi connectivity index (χ3n) is 4.48. The van der Waals surface area contributed by atoms with Gasteiger partial charge in [0.2, 0.25) is 0 Å². The molecule has 1 aromatic heterocycles. The number of phenols is 1. The molecular weight excluding hydrogens is 304 g/mol. The van der Waals surface area contributed by atoms with Gasteiger partial charge < -0.3 is 14.3 Å². The number of ether oxygens (including phenoxy) is 1. The Labute approximate surface area is 136 Å². The molecule has 24 heavy (non-hydrogen) atoms. The maximum atomic E-state index is 12.3. The fourth-order valence-corrected chi connectivity index (χ4v) is 3.35. The summed E-state index contributed by atoms with van der Waals surface area (Å²) in [6.07, 6.45) is 0. The summed E-state index contributed by atoms with van der Waals surface area (Å²) in [4.78, 5) is 12.3. The van der Waals surface area contributed by atoms with E-state index in [0.717, 1.165) is 33.2 Å². The average molecular weight is 316 g/mol. The molecule has 4 nitrogen and oxygen atoms in total. The van der Waals surface area contributed by atoms with Crippen molar-refractivity contribution < 1.29 is 14.3 Å². The van der Waals surface area contributed by atoms with Gasteiger partial charge in [-0.3, -0.25) is 0 Å². The highest BCUT2D eigenvalue weighted by Gasteiger charge is 2.19. The second-order valence-electron chi connectivity index (χ2n) is 5.91. The third-order valence-corrected chi connectivity index (χ3v) is 4.48. The van der Waals surface area contributed by atoms with E-state index >= 15 is 0 Å². The van der Waals surface area contributed by atoms with Crippen LogP contribution >= 0.6 is 0 Å². The molecule has 0 radical (unpaired) electrons. The molecule has 116 valence electrons. The van der Waals surface area contributed by atoms with Gasteiger partial charge >= 0.3 is 5.63 Å². The first-order valence-corrected chi connectivity index (χ1v) is 7.65. The van der Waals surface area contributed by atoms with Gasteiger partial charge in [0.25, 0.3) is 0 Å². The normalized spacial score (nSPS) is 12.7. The van der Waals surface area contributed by atoms with Crippen molar-refractivity contribution in [1.82, 2.24) is 0 Å². The number of rotatable bonds is 0. The Balaban J connectivity index is 1.94. The summed E-state index contributed by atoms with van der Waals surface area (Å²) in [7, 11) is 0. The minimum atomic E-state index is -0.412. The fourth-order valence-electron chi connectivity index (χ4n) is 3.35. The lowest BCUT2D eigenvalue weighted by Crippen LogP contribution is -2.08. The van der Waals surface area contributed by atoms with Gasteiger partial charge in [-0.15, -0.1) is 0 Å². The van der Waals surface area contributed by atoms with Crippen molar-refractivity contribution in [3.63, 3.8) is 0 Å². The summed E-state index contributed by atoms with van der Waals surface area (Å²) < 4.78 is 11.1. The van der Waals surface area contributed by atoms with Crippen LogP contribution in [-0.4, -0.2) is 5.11 Å². The van der Waals surface area contributed by atoms with Crippen molar-refractivity contribution in [3.8, 4) is 22.6 Å². The summed E-state index contributed by atoms with van der Waals surface area (Å²) in [5.74, 6) is 0.913. The standard InChI is InChI=1S/C20H12O4/c21-12-5-6-14-16-9-15-11(7-17(16)20(22)24-19(14)8-12)10-23-18-4-2-1-3-13(15)18/h1-9,21H,10H2. The lowest BCUT2D eigenvalue weighted by atomic mass is 9.93. The van der Waals surface area contributed by atoms with Crippen LogP contribution in [0.2, 0.25) is 0 Å². The predicted octanol–water partition coefficient (Wildman–Crippen LogP) is 4.21. The molecule has 0 unspecified atom stereocenters. The molecule has 1 N–H and O–H groups in total. The van der Waals surface area contributed by atoms with Gasteiger partial charge in [-0.1, -0.05) is 18.2 Å². The molecule has 2 heterocycles.